The average molecular weight is 403 g/mol. The molecule has 0 radical (unpaired) electrons. The van der Waals surface area contributed by atoms with E-state index in [2.05, 4.69) is 4.98 Å². The Balaban J connectivity index is 1.85. The third-order valence-corrected chi connectivity index (χ3v) is 5.13. The molecule has 1 fully saturated rings. The third kappa shape index (κ3) is 4.62. The highest BCUT2D eigenvalue weighted by molar-refractivity contribution is 8.00. The Morgan fingerprint density at radius 1 is 1.31 bits per heavy atom. The first-order valence-electron chi connectivity index (χ1n) is 7.75. The zero-order valence-electron chi connectivity index (χ0n) is 13.3. The number of hydrogen-bond acceptors (Lipinski definition) is 4. The number of halogens is 4. The Kier molecular flexibility index (Phi) is 5.34. The van der Waals surface area contributed by atoms with Crippen molar-refractivity contribution in [1.29, 1.82) is 0 Å². The van der Waals surface area contributed by atoms with Crippen molar-refractivity contribution < 1.29 is 23.1 Å². The monoisotopic (exact) mass is 402 g/mol. The Morgan fingerprint density at radius 2 is 1.96 bits per heavy atom. The van der Waals surface area contributed by atoms with Gasteiger partial charge in [0, 0.05) is 17.6 Å². The van der Waals surface area contributed by atoms with E-state index in [1.54, 1.807) is 16.4 Å². The molecule has 1 heterocycles. The van der Waals surface area contributed by atoms with Crippen LogP contribution in [0.25, 0.3) is 0 Å². The lowest BCUT2D eigenvalue weighted by Gasteiger charge is -2.23. The summed E-state index contributed by atoms with van der Waals surface area (Å²) in [5, 5.41) is 8.88. The van der Waals surface area contributed by atoms with E-state index in [9.17, 15) is 18.0 Å². The minimum atomic E-state index is -4.50. The maximum Gasteiger partial charge on any atom is 0.417 e. The van der Waals surface area contributed by atoms with Gasteiger partial charge in [0.15, 0.2) is 5.82 Å². The molecule has 138 valence electrons. The fourth-order valence-corrected chi connectivity index (χ4v) is 3.60. The number of rotatable bonds is 6. The van der Waals surface area contributed by atoms with Crippen LogP contribution in [0.15, 0.2) is 41.4 Å². The van der Waals surface area contributed by atoms with Crippen LogP contribution in [-0.2, 0) is 6.18 Å². The third-order valence-electron chi connectivity index (χ3n) is 3.82. The van der Waals surface area contributed by atoms with Gasteiger partial charge < -0.3 is 5.11 Å². The topological polar surface area (TPSA) is 53.4 Å². The summed E-state index contributed by atoms with van der Waals surface area (Å²) in [5.41, 5.74) is -0.734. The first kappa shape index (κ1) is 18.8. The minimum Gasteiger partial charge on any atom is -0.478 e. The molecule has 4 nitrogen and oxygen atoms in total. The second-order valence-corrected chi connectivity index (χ2v) is 7.45. The molecule has 0 aliphatic heterocycles. The number of benzene rings is 1. The van der Waals surface area contributed by atoms with Crippen LogP contribution in [0.4, 0.5) is 19.0 Å². The molecule has 1 aromatic carbocycles. The standard InChI is InChI=1S/C17H14ClF3N2O2S/c18-14-7-12(17(19,20)21)8-22-15(14)23(9-10-1-2-10)26-13-5-3-11(4-6-13)16(24)25/h3-8,10H,1-2,9H2,(H,24,25). The van der Waals surface area contributed by atoms with Crippen LogP contribution >= 0.6 is 23.5 Å². The molecule has 1 aliphatic rings. The molecular weight excluding hydrogens is 389 g/mol. The highest BCUT2D eigenvalue weighted by Crippen LogP contribution is 2.40. The Labute approximate surface area is 157 Å². The number of carboxylic acid groups (broad SMARTS) is 1. The first-order chi connectivity index (χ1) is 12.2. The summed E-state index contributed by atoms with van der Waals surface area (Å²) in [5.74, 6) is -0.316. The number of carboxylic acids is 1. The highest BCUT2D eigenvalue weighted by atomic mass is 35.5. The van der Waals surface area contributed by atoms with Crippen LogP contribution < -0.4 is 4.31 Å². The van der Waals surface area contributed by atoms with Crippen molar-refractivity contribution in [2.45, 2.75) is 23.9 Å². The van der Waals surface area contributed by atoms with E-state index in [-0.39, 0.29) is 16.4 Å². The summed E-state index contributed by atoms with van der Waals surface area (Å²) in [7, 11) is 0. The molecule has 2 aromatic rings. The predicted molar refractivity (Wildman–Crippen MR) is 93.6 cm³/mol. The molecule has 0 amide bonds. The molecule has 9 heteroatoms. The van der Waals surface area contributed by atoms with E-state index in [0.29, 0.717) is 12.5 Å². The fraction of sp³-hybridized carbons (Fsp3) is 0.294. The normalized spacial score (nSPS) is 14.3. The van der Waals surface area contributed by atoms with E-state index in [4.69, 9.17) is 16.7 Å². The Morgan fingerprint density at radius 3 is 2.46 bits per heavy atom. The van der Waals surface area contributed by atoms with Crippen LogP contribution in [-0.4, -0.2) is 22.6 Å². The highest BCUT2D eigenvalue weighted by Gasteiger charge is 2.33. The lowest BCUT2D eigenvalue weighted by molar-refractivity contribution is -0.137. The van der Waals surface area contributed by atoms with E-state index >= 15 is 0 Å². The van der Waals surface area contributed by atoms with E-state index < -0.39 is 17.7 Å². The van der Waals surface area contributed by atoms with Gasteiger partial charge >= 0.3 is 12.1 Å². The van der Waals surface area contributed by atoms with Crippen LogP contribution in [0.3, 0.4) is 0 Å². The van der Waals surface area contributed by atoms with Crippen LogP contribution in [0.2, 0.25) is 5.02 Å². The van der Waals surface area contributed by atoms with Gasteiger partial charge in [0.25, 0.3) is 0 Å². The van der Waals surface area contributed by atoms with E-state index in [0.717, 1.165) is 30.0 Å². The van der Waals surface area contributed by atoms with Crippen molar-refractivity contribution in [2.24, 2.45) is 5.92 Å². The summed E-state index contributed by atoms with van der Waals surface area (Å²) in [6, 6.07) is 7.11. The number of anilines is 1. The summed E-state index contributed by atoms with van der Waals surface area (Å²) in [6.45, 7) is 0.601. The lowest BCUT2D eigenvalue weighted by Crippen LogP contribution is -2.19. The number of aromatic nitrogens is 1. The maximum atomic E-state index is 12.8. The number of aromatic carboxylic acids is 1. The van der Waals surface area contributed by atoms with Gasteiger partial charge in [0.05, 0.1) is 16.1 Å². The average Bonchev–Trinajstić information content (AvgIpc) is 3.38. The van der Waals surface area contributed by atoms with Gasteiger partial charge in [0.2, 0.25) is 0 Å². The van der Waals surface area contributed by atoms with Crippen molar-refractivity contribution >= 4 is 35.3 Å². The van der Waals surface area contributed by atoms with Crippen molar-refractivity contribution in [3.8, 4) is 0 Å². The smallest absolute Gasteiger partial charge is 0.417 e. The van der Waals surface area contributed by atoms with Crippen LogP contribution in [0, 0.1) is 5.92 Å². The number of hydrogen-bond donors (Lipinski definition) is 1. The fourth-order valence-electron chi connectivity index (χ4n) is 2.26. The summed E-state index contributed by atoms with van der Waals surface area (Å²) >= 11 is 7.34. The molecule has 1 aliphatic carbocycles. The summed E-state index contributed by atoms with van der Waals surface area (Å²) in [6.07, 6.45) is -1.63. The van der Waals surface area contributed by atoms with Gasteiger partial charge in [-0.2, -0.15) is 13.2 Å². The molecule has 0 bridgehead atoms. The SMILES string of the molecule is O=C(O)c1ccc(SN(CC2CC2)c2ncc(C(F)(F)F)cc2Cl)cc1. The summed E-state index contributed by atoms with van der Waals surface area (Å²) < 4.78 is 40.2. The van der Waals surface area contributed by atoms with E-state index in [1.165, 1.54) is 24.1 Å². The number of alkyl halides is 3. The maximum absolute atomic E-state index is 12.8. The Bertz CT molecular complexity index is 811. The van der Waals surface area contributed by atoms with Crippen molar-refractivity contribution in [2.75, 3.05) is 10.8 Å². The van der Waals surface area contributed by atoms with Gasteiger partial charge in [-0.1, -0.05) is 11.6 Å². The van der Waals surface area contributed by atoms with Gasteiger partial charge in [-0.25, -0.2) is 9.78 Å². The van der Waals surface area contributed by atoms with Gasteiger partial charge in [-0.3, -0.25) is 4.31 Å². The van der Waals surface area contributed by atoms with Gasteiger partial charge in [0.1, 0.15) is 0 Å². The first-order valence-corrected chi connectivity index (χ1v) is 8.91. The van der Waals surface area contributed by atoms with Crippen LogP contribution in [0.5, 0.6) is 0 Å². The number of carbonyl (C=O) groups is 1. The largest absolute Gasteiger partial charge is 0.478 e. The van der Waals surface area contributed by atoms with E-state index in [1.807, 2.05) is 0 Å². The predicted octanol–water partition coefficient (Wildman–Crippen LogP) is 5.38. The number of nitrogens with zero attached hydrogens (tertiary/aromatic N) is 2. The molecule has 3 rings (SSSR count). The van der Waals surface area contributed by atoms with Gasteiger partial charge in [-0.15, -0.1) is 0 Å². The minimum absolute atomic E-state index is 0.0740. The quantitative estimate of drug-likeness (QED) is 0.658. The molecule has 26 heavy (non-hydrogen) atoms. The molecule has 0 atom stereocenters. The molecule has 0 unspecified atom stereocenters. The number of pyridine rings is 1. The summed E-state index contributed by atoms with van der Waals surface area (Å²) in [4.78, 5) is 15.6. The van der Waals surface area contributed by atoms with Crippen LogP contribution in [0.1, 0.15) is 28.8 Å². The Hall–Kier alpha value is -1.93. The van der Waals surface area contributed by atoms with Crippen molar-refractivity contribution in [3.63, 3.8) is 0 Å². The zero-order chi connectivity index (χ0) is 18.9. The van der Waals surface area contributed by atoms with Gasteiger partial charge in [-0.05, 0) is 61.0 Å². The molecule has 0 saturated heterocycles. The second kappa shape index (κ2) is 7.36. The molecule has 0 spiro atoms. The van der Waals surface area contributed by atoms with Crippen molar-refractivity contribution in [1.82, 2.24) is 4.98 Å². The molecular formula is C17H14ClF3N2O2S. The molecule has 1 aromatic heterocycles. The lowest BCUT2D eigenvalue weighted by atomic mass is 10.2. The zero-order valence-corrected chi connectivity index (χ0v) is 14.9. The molecule has 1 saturated carbocycles. The second-order valence-electron chi connectivity index (χ2n) is 5.95. The molecule has 1 N–H and O–H groups in total. The van der Waals surface area contributed by atoms with Crippen molar-refractivity contribution in [3.05, 3.63) is 52.7 Å².